The highest BCUT2D eigenvalue weighted by Crippen LogP contribution is 2.49. The summed E-state index contributed by atoms with van der Waals surface area (Å²) in [5.41, 5.74) is 5.89. The van der Waals surface area contributed by atoms with Crippen molar-refractivity contribution in [1.29, 1.82) is 0 Å². The zero-order chi connectivity index (χ0) is 22.1. The van der Waals surface area contributed by atoms with Gasteiger partial charge in [-0.3, -0.25) is 0 Å². The lowest BCUT2D eigenvalue weighted by Crippen LogP contribution is -2.09. The number of aldehydes is 1. The number of carbonyl (C=O) groups excluding carboxylic acids is 1. The molecule has 0 atom stereocenters. The number of halogens is 3. The summed E-state index contributed by atoms with van der Waals surface area (Å²) in [6.07, 6.45) is 2.92. The van der Waals surface area contributed by atoms with E-state index in [0.29, 0.717) is 22.2 Å². The summed E-state index contributed by atoms with van der Waals surface area (Å²) in [5.74, 6) is 0.406. The normalized spacial score (nSPS) is 15.1. The third-order valence-electron chi connectivity index (χ3n) is 4.91. The minimum Gasteiger partial charge on any atom is -0.386 e. The van der Waals surface area contributed by atoms with Crippen LogP contribution >= 0.6 is 11.8 Å². The molecule has 0 aromatic heterocycles. The van der Waals surface area contributed by atoms with E-state index >= 15 is 0 Å². The molecule has 0 bridgehead atoms. The number of hydrogen-bond acceptors (Lipinski definition) is 5. The molecule has 0 saturated heterocycles. The number of nitrogens with one attached hydrogen (secondary N) is 2. The first-order valence-electron chi connectivity index (χ1n) is 9.92. The molecule has 2 aromatic carbocycles. The number of fused-ring (bicyclic) bond motifs is 2. The lowest BCUT2D eigenvalue weighted by atomic mass is 9.91. The molecular weight excluding hydrogens is 411 g/mol. The molecule has 30 heavy (non-hydrogen) atoms. The van der Waals surface area contributed by atoms with Crippen molar-refractivity contribution in [2.75, 3.05) is 24.7 Å². The second-order valence-corrected chi connectivity index (χ2v) is 7.99. The van der Waals surface area contributed by atoms with Crippen molar-refractivity contribution in [2.45, 2.75) is 48.1 Å². The number of nitrogens with two attached hydrogens (primary N) is 1. The Morgan fingerprint density at radius 2 is 1.77 bits per heavy atom. The van der Waals surface area contributed by atoms with Gasteiger partial charge in [0.05, 0.1) is 22.6 Å². The van der Waals surface area contributed by atoms with Gasteiger partial charge in [0.15, 0.2) is 0 Å². The van der Waals surface area contributed by atoms with Crippen LogP contribution in [0.1, 0.15) is 37.7 Å². The topological polar surface area (TPSA) is 67.2 Å². The minimum atomic E-state index is -4.35. The van der Waals surface area contributed by atoms with Gasteiger partial charge in [-0.2, -0.15) is 13.2 Å². The molecule has 4 nitrogen and oxygen atoms in total. The third kappa shape index (κ3) is 6.15. The summed E-state index contributed by atoms with van der Waals surface area (Å²) in [6.45, 7) is 0. The highest BCUT2D eigenvalue weighted by molar-refractivity contribution is 7.99. The van der Waals surface area contributed by atoms with Gasteiger partial charge in [-0.25, -0.2) is 0 Å². The van der Waals surface area contributed by atoms with Gasteiger partial charge in [0.25, 0.3) is 0 Å². The number of para-hydroxylation sites is 1. The number of alkyl halides is 3. The summed E-state index contributed by atoms with van der Waals surface area (Å²) < 4.78 is 38.7. The van der Waals surface area contributed by atoms with Crippen molar-refractivity contribution in [3.05, 3.63) is 42.0 Å². The van der Waals surface area contributed by atoms with E-state index in [1.54, 1.807) is 7.05 Å². The SMILES string of the molecule is CN.CNc1cc(C(F)(F)F)cc2c1Nc1ccccc1S2.O=CC1CCCCC1. The third-order valence-corrected chi connectivity index (χ3v) is 6.03. The molecule has 1 aliphatic carbocycles. The van der Waals surface area contributed by atoms with Crippen LogP contribution in [0.2, 0.25) is 0 Å². The summed E-state index contributed by atoms with van der Waals surface area (Å²) in [5, 5.41) is 6.01. The Balaban J connectivity index is 0.000000269. The van der Waals surface area contributed by atoms with E-state index in [1.165, 1.54) is 44.1 Å². The summed E-state index contributed by atoms with van der Waals surface area (Å²) in [4.78, 5) is 11.6. The molecule has 8 heteroatoms. The quantitative estimate of drug-likeness (QED) is 0.409. The smallest absolute Gasteiger partial charge is 0.386 e. The standard InChI is InChI=1S/C14H11F3N2S.C7H12O.CH5N/c1-18-10-6-8(14(15,16)17)7-12-13(10)19-9-4-2-3-5-11(9)20-12;8-6-7-4-2-1-3-5-7;1-2/h2-7,18-19H,1H3;6-7H,1-5H2;2H2,1H3. The maximum atomic E-state index is 12.9. The zero-order valence-corrected chi connectivity index (χ0v) is 18.0. The Kier molecular flexibility index (Phi) is 9.05. The average molecular weight is 440 g/mol. The number of rotatable bonds is 2. The second-order valence-electron chi connectivity index (χ2n) is 6.90. The van der Waals surface area contributed by atoms with Gasteiger partial charge in [0.1, 0.15) is 6.29 Å². The molecule has 4 N–H and O–H groups in total. The first kappa shape index (κ1) is 24.1. The van der Waals surface area contributed by atoms with Gasteiger partial charge in [0.2, 0.25) is 0 Å². The van der Waals surface area contributed by atoms with Crippen LogP contribution in [-0.4, -0.2) is 20.4 Å². The van der Waals surface area contributed by atoms with Gasteiger partial charge in [0, 0.05) is 22.8 Å². The van der Waals surface area contributed by atoms with E-state index in [1.807, 2.05) is 24.3 Å². The first-order chi connectivity index (χ1) is 14.4. The summed E-state index contributed by atoms with van der Waals surface area (Å²) >= 11 is 1.34. The maximum absolute atomic E-state index is 12.9. The molecule has 2 aromatic rings. The van der Waals surface area contributed by atoms with Crippen molar-refractivity contribution < 1.29 is 18.0 Å². The van der Waals surface area contributed by atoms with Gasteiger partial charge in [-0.15, -0.1) is 0 Å². The van der Waals surface area contributed by atoms with Crippen molar-refractivity contribution in [2.24, 2.45) is 11.7 Å². The van der Waals surface area contributed by atoms with E-state index in [9.17, 15) is 18.0 Å². The van der Waals surface area contributed by atoms with E-state index in [-0.39, 0.29) is 0 Å². The Bertz CT molecular complexity index is 837. The van der Waals surface area contributed by atoms with Crippen LogP contribution in [0.3, 0.4) is 0 Å². The fourth-order valence-electron chi connectivity index (χ4n) is 3.37. The maximum Gasteiger partial charge on any atom is 0.416 e. The van der Waals surface area contributed by atoms with Gasteiger partial charge >= 0.3 is 6.18 Å². The van der Waals surface area contributed by atoms with Crippen molar-refractivity contribution in [3.63, 3.8) is 0 Å². The van der Waals surface area contributed by atoms with E-state index in [2.05, 4.69) is 16.4 Å². The predicted octanol–water partition coefficient (Wildman–Crippen LogP) is 6.30. The molecule has 1 aliphatic heterocycles. The summed E-state index contributed by atoms with van der Waals surface area (Å²) in [7, 11) is 3.11. The van der Waals surface area contributed by atoms with Gasteiger partial charge < -0.3 is 21.2 Å². The molecule has 1 fully saturated rings. The lowest BCUT2D eigenvalue weighted by Gasteiger charge is -2.24. The van der Waals surface area contributed by atoms with Crippen LogP contribution in [-0.2, 0) is 11.0 Å². The van der Waals surface area contributed by atoms with Crippen LogP contribution in [0.5, 0.6) is 0 Å². The Hall–Kier alpha value is -2.19. The fraction of sp³-hybridized carbons (Fsp3) is 0.409. The molecule has 164 valence electrons. The monoisotopic (exact) mass is 439 g/mol. The van der Waals surface area contributed by atoms with Gasteiger partial charge in [-0.05, 0) is 44.2 Å². The largest absolute Gasteiger partial charge is 0.416 e. The van der Waals surface area contributed by atoms with Crippen molar-refractivity contribution >= 4 is 35.1 Å². The van der Waals surface area contributed by atoms with Crippen molar-refractivity contribution in [1.82, 2.24) is 0 Å². The molecule has 1 saturated carbocycles. The van der Waals surface area contributed by atoms with E-state index < -0.39 is 11.7 Å². The molecule has 1 heterocycles. The zero-order valence-electron chi connectivity index (χ0n) is 17.2. The minimum absolute atomic E-state index is 0.406. The molecular formula is C22H28F3N3OS. The Morgan fingerprint density at radius 3 is 2.33 bits per heavy atom. The Morgan fingerprint density at radius 1 is 1.10 bits per heavy atom. The highest BCUT2D eigenvalue weighted by Gasteiger charge is 2.33. The molecule has 0 unspecified atom stereocenters. The van der Waals surface area contributed by atoms with E-state index in [4.69, 9.17) is 0 Å². The first-order valence-corrected chi connectivity index (χ1v) is 10.7. The van der Waals surface area contributed by atoms with Crippen LogP contribution < -0.4 is 16.4 Å². The van der Waals surface area contributed by atoms with Crippen molar-refractivity contribution in [3.8, 4) is 0 Å². The molecule has 0 radical (unpaired) electrons. The predicted molar refractivity (Wildman–Crippen MR) is 118 cm³/mol. The molecule has 2 aliphatic rings. The molecule has 0 amide bonds. The van der Waals surface area contributed by atoms with Crippen LogP contribution in [0.25, 0.3) is 0 Å². The molecule has 4 rings (SSSR count). The average Bonchev–Trinajstić information content (AvgIpc) is 2.78. The highest BCUT2D eigenvalue weighted by atomic mass is 32.2. The van der Waals surface area contributed by atoms with E-state index in [0.717, 1.165) is 35.8 Å². The van der Waals surface area contributed by atoms with Gasteiger partial charge in [-0.1, -0.05) is 43.2 Å². The van der Waals surface area contributed by atoms with Crippen LogP contribution in [0.4, 0.5) is 30.2 Å². The number of anilines is 3. The number of benzene rings is 2. The number of carbonyl (C=O) groups is 1. The van der Waals surface area contributed by atoms with Crippen LogP contribution in [0, 0.1) is 5.92 Å². The lowest BCUT2D eigenvalue weighted by molar-refractivity contribution is -0.137. The summed E-state index contributed by atoms with van der Waals surface area (Å²) in [6, 6.07) is 9.85. The number of hydrogen-bond donors (Lipinski definition) is 3. The Labute approximate surface area is 179 Å². The second kappa shape index (κ2) is 11.3. The fourth-order valence-corrected chi connectivity index (χ4v) is 4.43. The molecule has 0 spiro atoms. The van der Waals surface area contributed by atoms with Crippen LogP contribution in [0.15, 0.2) is 46.2 Å².